The predicted octanol–water partition coefficient (Wildman–Crippen LogP) is 6.10. The first-order valence-electron chi connectivity index (χ1n) is 10.6. The van der Waals surface area contributed by atoms with Gasteiger partial charge in [0.15, 0.2) is 6.29 Å². The maximum atomic E-state index is 5.67. The Hall–Kier alpha value is -2.97. The van der Waals surface area contributed by atoms with Crippen LogP contribution >= 0.6 is 7.05 Å². The van der Waals surface area contributed by atoms with Gasteiger partial charge in [0.05, 0.1) is 12.7 Å². The highest BCUT2D eigenvalue weighted by atomic mass is 31.2. The van der Waals surface area contributed by atoms with E-state index in [0.29, 0.717) is 0 Å². The molecule has 4 aromatic carbocycles. The summed E-state index contributed by atoms with van der Waals surface area (Å²) in [4.78, 5) is 0. The third-order valence-electron chi connectivity index (χ3n) is 5.59. The van der Waals surface area contributed by atoms with E-state index in [2.05, 4.69) is 104 Å². The highest BCUT2D eigenvalue weighted by Crippen LogP contribution is 2.51. The molecule has 0 aliphatic carbocycles. The Kier molecular flexibility index (Phi) is 7.02. The molecule has 0 aliphatic heterocycles. The van der Waals surface area contributed by atoms with Crippen molar-refractivity contribution in [1.29, 1.82) is 0 Å². The third kappa shape index (κ3) is 4.20. The van der Waals surface area contributed by atoms with Crippen molar-refractivity contribution in [3.63, 3.8) is 0 Å². The van der Waals surface area contributed by atoms with Crippen molar-refractivity contribution >= 4 is 28.7 Å². The quantitative estimate of drug-likeness (QED) is 0.256. The molecule has 162 valence electrons. The van der Waals surface area contributed by atoms with Crippen LogP contribution in [0.15, 0.2) is 114 Å². The van der Waals surface area contributed by atoms with Crippen LogP contribution in [-0.2, 0) is 9.47 Å². The van der Waals surface area contributed by atoms with Crippen molar-refractivity contribution in [3.8, 4) is 0 Å². The zero-order chi connectivity index (χ0) is 22.4. The van der Waals surface area contributed by atoms with E-state index >= 15 is 0 Å². The van der Waals surface area contributed by atoms with Crippen LogP contribution in [0.2, 0.25) is 0 Å². The average molecular weight is 442 g/mol. The van der Waals surface area contributed by atoms with Crippen LogP contribution in [0.5, 0.6) is 0 Å². The second-order valence-corrected chi connectivity index (χ2v) is 10.6. The fourth-order valence-electron chi connectivity index (χ4n) is 4.06. The lowest BCUT2D eigenvalue weighted by Crippen LogP contribution is -2.25. The molecule has 4 heteroatoms. The summed E-state index contributed by atoms with van der Waals surface area (Å²) in [5.74, 6) is 0. The average Bonchev–Trinajstić information content (AvgIpc) is 2.86. The Labute approximate surface area is 190 Å². The van der Waals surface area contributed by atoms with E-state index in [1.165, 1.54) is 15.9 Å². The maximum Gasteiger partial charge on any atom is 0.185 e. The van der Waals surface area contributed by atoms with Crippen molar-refractivity contribution in [2.24, 2.45) is 4.74 Å². The van der Waals surface area contributed by atoms with Crippen molar-refractivity contribution in [2.75, 3.05) is 14.2 Å². The van der Waals surface area contributed by atoms with Gasteiger partial charge in [-0.2, -0.15) is 0 Å². The maximum absolute atomic E-state index is 5.67. The van der Waals surface area contributed by atoms with E-state index in [9.17, 15) is 0 Å². The molecule has 0 radical (unpaired) electrons. The summed E-state index contributed by atoms with van der Waals surface area (Å²) in [7, 11) is 0.946. The molecule has 0 saturated heterocycles. The Bertz CT molecular complexity index is 1100. The van der Waals surface area contributed by atoms with E-state index in [4.69, 9.17) is 14.2 Å². The van der Waals surface area contributed by atoms with Gasteiger partial charge in [0.2, 0.25) is 0 Å². The van der Waals surface area contributed by atoms with Gasteiger partial charge < -0.3 is 9.47 Å². The molecule has 32 heavy (non-hydrogen) atoms. The first-order chi connectivity index (χ1) is 15.7. The first kappa shape index (κ1) is 22.2. The van der Waals surface area contributed by atoms with Gasteiger partial charge >= 0.3 is 0 Å². The molecule has 0 saturated carbocycles. The van der Waals surface area contributed by atoms with Crippen molar-refractivity contribution in [3.05, 3.63) is 120 Å². The van der Waals surface area contributed by atoms with E-state index in [1.807, 2.05) is 12.1 Å². The third-order valence-corrected chi connectivity index (χ3v) is 9.23. The van der Waals surface area contributed by atoms with Crippen LogP contribution in [0.3, 0.4) is 0 Å². The molecule has 0 heterocycles. The second kappa shape index (κ2) is 10.1. The molecule has 0 atom stereocenters. The summed E-state index contributed by atoms with van der Waals surface area (Å²) in [6, 6.07) is 38.1. The number of nitrogens with zero attached hydrogens (tertiary/aromatic N) is 1. The largest absolute Gasteiger partial charge is 0.352 e. The summed E-state index contributed by atoms with van der Waals surface area (Å²) in [6.45, 7) is 2.10. The predicted molar refractivity (Wildman–Crippen MR) is 135 cm³/mol. The van der Waals surface area contributed by atoms with Gasteiger partial charge in [-0.3, -0.25) is 4.74 Å². The van der Waals surface area contributed by atoms with Crippen molar-refractivity contribution < 1.29 is 9.47 Å². The Morgan fingerprint density at radius 2 is 1.03 bits per heavy atom. The molecular weight excluding hydrogens is 413 g/mol. The lowest BCUT2D eigenvalue weighted by Gasteiger charge is -2.28. The molecule has 0 unspecified atom stereocenters. The van der Waals surface area contributed by atoms with Gasteiger partial charge in [0.1, 0.15) is 0 Å². The van der Waals surface area contributed by atoms with Crippen LogP contribution in [0.25, 0.3) is 0 Å². The number of methoxy groups -OCH3 is 2. The zero-order valence-corrected chi connectivity index (χ0v) is 19.6. The summed E-state index contributed by atoms with van der Waals surface area (Å²) < 4.78 is 17.0. The molecule has 0 fully saturated rings. The van der Waals surface area contributed by atoms with Gasteiger partial charge in [-0.15, -0.1) is 0 Å². The number of benzene rings is 4. The van der Waals surface area contributed by atoms with Gasteiger partial charge in [-0.05, 0) is 12.5 Å². The minimum absolute atomic E-state index is 0.488. The standard InChI is InChI=1S/C28H28NO2P/c1-22-14-13-21-26(28(30-2)31-3)27(22)29-32(23-15-7-4-8-16-23,24-17-9-5-10-18-24)25-19-11-6-12-20-25/h4-21,28H,1-3H3. The highest BCUT2D eigenvalue weighted by molar-refractivity contribution is 7.87. The van der Waals surface area contributed by atoms with E-state index in [0.717, 1.165) is 16.8 Å². The monoisotopic (exact) mass is 441 g/mol. The van der Waals surface area contributed by atoms with Gasteiger partial charge in [-0.25, -0.2) is 0 Å². The van der Waals surface area contributed by atoms with Crippen LogP contribution in [0, 0.1) is 6.92 Å². The van der Waals surface area contributed by atoms with Gasteiger partial charge in [0, 0.05) is 35.7 Å². The Morgan fingerprint density at radius 1 is 0.594 bits per heavy atom. The fourth-order valence-corrected chi connectivity index (χ4v) is 7.69. The van der Waals surface area contributed by atoms with Crippen LogP contribution in [-0.4, -0.2) is 14.2 Å². The van der Waals surface area contributed by atoms with Gasteiger partial charge in [0.25, 0.3) is 0 Å². The molecule has 3 nitrogen and oxygen atoms in total. The lowest BCUT2D eigenvalue weighted by molar-refractivity contribution is -0.105. The van der Waals surface area contributed by atoms with Crippen LogP contribution in [0.1, 0.15) is 17.4 Å². The topological polar surface area (TPSA) is 30.8 Å². The number of aryl methyl sites for hydroxylation is 1. The molecule has 4 aromatic rings. The molecule has 0 aromatic heterocycles. The SMILES string of the molecule is COC(OC)c1cccc(C)c1N=P(c1ccccc1)(c1ccccc1)c1ccccc1. The first-order valence-corrected chi connectivity index (χ1v) is 12.4. The fraction of sp³-hybridized carbons (Fsp3) is 0.143. The van der Waals surface area contributed by atoms with Crippen molar-refractivity contribution in [2.45, 2.75) is 13.2 Å². The van der Waals surface area contributed by atoms with Crippen LogP contribution < -0.4 is 15.9 Å². The number of hydrogen-bond acceptors (Lipinski definition) is 3. The molecule has 0 spiro atoms. The smallest absolute Gasteiger partial charge is 0.185 e. The number of rotatable bonds is 7. The molecule has 0 N–H and O–H groups in total. The second-order valence-electron chi connectivity index (χ2n) is 7.56. The van der Waals surface area contributed by atoms with Crippen molar-refractivity contribution in [1.82, 2.24) is 0 Å². The minimum Gasteiger partial charge on any atom is -0.352 e. The minimum atomic E-state index is -2.38. The van der Waals surface area contributed by atoms with E-state index in [-0.39, 0.29) is 0 Å². The number of hydrogen-bond donors (Lipinski definition) is 0. The van der Waals surface area contributed by atoms with Gasteiger partial charge in [-0.1, -0.05) is 109 Å². The van der Waals surface area contributed by atoms with E-state index < -0.39 is 13.3 Å². The highest BCUT2D eigenvalue weighted by Gasteiger charge is 2.29. The Morgan fingerprint density at radius 3 is 1.44 bits per heavy atom. The molecule has 0 bridgehead atoms. The zero-order valence-electron chi connectivity index (χ0n) is 18.7. The lowest BCUT2D eigenvalue weighted by atomic mass is 10.1. The summed E-state index contributed by atoms with van der Waals surface area (Å²) in [5.41, 5.74) is 2.95. The molecular formula is C28H28NO2P. The molecule has 0 amide bonds. The molecule has 0 aliphatic rings. The number of ether oxygens (including phenoxy) is 2. The summed E-state index contributed by atoms with van der Waals surface area (Å²) >= 11 is 0. The molecule has 4 rings (SSSR count). The summed E-state index contributed by atoms with van der Waals surface area (Å²) in [6.07, 6.45) is -0.488. The Balaban J connectivity index is 2.17. The van der Waals surface area contributed by atoms with E-state index in [1.54, 1.807) is 14.2 Å². The van der Waals surface area contributed by atoms with Crippen LogP contribution in [0.4, 0.5) is 5.69 Å². The normalized spacial score (nSPS) is 11.5. The summed E-state index contributed by atoms with van der Waals surface area (Å²) in [5, 5.41) is 3.62.